The van der Waals surface area contributed by atoms with E-state index in [2.05, 4.69) is 10.4 Å². The molecule has 3 rings (SSSR count). The van der Waals surface area contributed by atoms with Gasteiger partial charge in [0.25, 0.3) is 5.91 Å². The lowest BCUT2D eigenvalue weighted by atomic mass is 10.1. The first-order valence-corrected chi connectivity index (χ1v) is 8.05. The minimum Gasteiger partial charge on any atom is -0.319 e. The van der Waals surface area contributed by atoms with E-state index in [1.54, 1.807) is 17.1 Å². The maximum absolute atomic E-state index is 12.3. The van der Waals surface area contributed by atoms with Crippen LogP contribution in [0.2, 0.25) is 5.02 Å². The Balaban J connectivity index is 1.70. The molecule has 0 aliphatic carbocycles. The van der Waals surface area contributed by atoms with Gasteiger partial charge in [-0.1, -0.05) is 35.9 Å². The zero-order chi connectivity index (χ0) is 17.1. The van der Waals surface area contributed by atoms with Gasteiger partial charge in [0.2, 0.25) is 0 Å². The van der Waals surface area contributed by atoms with Gasteiger partial charge in [0.1, 0.15) is 0 Å². The van der Waals surface area contributed by atoms with Crippen molar-refractivity contribution < 1.29 is 4.79 Å². The number of aryl methyl sites for hydroxylation is 2. The van der Waals surface area contributed by atoms with Gasteiger partial charge < -0.3 is 5.32 Å². The van der Waals surface area contributed by atoms with E-state index in [0.717, 1.165) is 11.1 Å². The van der Waals surface area contributed by atoms with Crippen LogP contribution in [0.25, 0.3) is 0 Å². The van der Waals surface area contributed by atoms with Crippen molar-refractivity contribution in [2.24, 2.45) is 0 Å². The topological polar surface area (TPSA) is 46.9 Å². The Morgan fingerprint density at radius 1 is 1.17 bits per heavy atom. The standard InChI is InChI=1S/C19H18ClN3O/c1-13-7-8-15(9-14(13)2)19(24)22-17-10-21-23(12-17)11-16-5-3-4-6-18(16)20/h3-10,12H,11H2,1-2H3,(H,22,24). The third kappa shape index (κ3) is 3.66. The van der Waals surface area contributed by atoms with E-state index in [1.807, 2.05) is 56.3 Å². The summed E-state index contributed by atoms with van der Waals surface area (Å²) >= 11 is 6.16. The summed E-state index contributed by atoms with van der Waals surface area (Å²) in [5.41, 5.74) is 4.53. The highest BCUT2D eigenvalue weighted by Crippen LogP contribution is 2.17. The van der Waals surface area contributed by atoms with Crippen LogP contribution in [0.15, 0.2) is 54.9 Å². The molecule has 0 aliphatic heterocycles. The molecule has 5 heteroatoms. The van der Waals surface area contributed by atoms with Crippen molar-refractivity contribution in [1.82, 2.24) is 9.78 Å². The van der Waals surface area contributed by atoms with Gasteiger partial charge in [0.15, 0.2) is 0 Å². The Bertz CT molecular complexity index is 886. The number of benzene rings is 2. The number of carbonyl (C=O) groups excluding carboxylic acids is 1. The van der Waals surface area contributed by atoms with Crippen LogP contribution in [0.5, 0.6) is 0 Å². The predicted molar refractivity (Wildman–Crippen MR) is 96.7 cm³/mol. The monoisotopic (exact) mass is 339 g/mol. The number of carbonyl (C=O) groups is 1. The number of rotatable bonds is 4. The van der Waals surface area contributed by atoms with E-state index in [-0.39, 0.29) is 5.91 Å². The molecule has 1 aromatic heterocycles. The molecule has 4 nitrogen and oxygen atoms in total. The first-order chi connectivity index (χ1) is 11.5. The van der Waals surface area contributed by atoms with Gasteiger partial charge >= 0.3 is 0 Å². The van der Waals surface area contributed by atoms with Gasteiger partial charge in [-0.05, 0) is 48.7 Å². The van der Waals surface area contributed by atoms with E-state index in [0.29, 0.717) is 22.8 Å². The van der Waals surface area contributed by atoms with Crippen LogP contribution in [-0.4, -0.2) is 15.7 Å². The van der Waals surface area contributed by atoms with Crippen LogP contribution in [0.4, 0.5) is 5.69 Å². The first kappa shape index (κ1) is 16.3. The normalized spacial score (nSPS) is 10.6. The van der Waals surface area contributed by atoms with E-state index in [4.69, 9.17) is 11.6 Å². The van der Waals surface area contributed by atoms with Crippen LogP contribution in [0, 0.1) is 13.8 Å². The van der Waals surface area contributed by atoms with Gasteiger partial charge in [-0.25, -0.2) is 0 Å². The van der Waals surface area contributed by atoms with E-state index in [9.17, 15) is 4.79 Å². The summed E-state index contributed by atoms with van der Waals surface area (Å²) in [7, 11) is 0. The first-order valence-electron chi connectivity index (χ1n) is 7.67. The fourth-order valence-electron chi connectivity index (χ4n) is 2.40. The molecule has 0 unspecified atom stereocenters. The maximum atomic E-state index is 12.3. The number of hydrogen-bond donors (Lipinski definition) is 1. The number of halogens is 1. The molecule has 3 aromatic rings. The third-order valence-corrected chi connectivity index (χ3v) is 4.32. The lowest BCUT2D eigenvalue weighted by Crippen LogP contribution is -2.11. The predicted octanol–water partition coefficient (Wildman–Crippen LogP) is 4.45. The summed E-state index contributed by atoms with van der Waals surface area (Å²) in [4.78, 5) is 12.3. The molecule has 0 aliphatic rings. The minimum absolute atomic E-state index is 0.143. The average Bonchev–Trinajstić information content (AvgIpc) is 2.99. The molecule has 0 saturated heterocycles. The van der Waals surface area contributed by atoms with Gasteiger partial charge in [-0.2, -0.15) is 5.10 Å². The summed E-state index contributed by atoms with van der Waals surface area (Å²) in [6.07, 6.45) is 3.43. The number of nitrogens with zero attached hydrogens (tertiary/aromatic N) is 2. The average molecular weight is 340 g/mol. The second-order valence-electron chi connectivity index (χ2n) is 5.77. The van der Waals surface area contributed by atoms with Crippen molar-refractivity contribution in [1.29, 1.82) is 0 Å². The Morgan fingerprint density at radius 2 is 1.96 bits per heavy atom. The molecule has 0 atom stereocenters. The van der Waals surface area contributed by atoms with Crippen molar-refractivity contribution in [3.8, 4) is 0 Å². The largest absolute Gasteiger partial charge is 0.319 e. The SMILES string of the molecule is Cc1ccc(C(=O)Nc2cnn(Cc3ccccc3Cl)c2)cc1C. The highest BCUT2D eigenvalue weighted by atomic mass is 35.5. The molecule has 24 heavy (non-hydrogen) atoms. The minimum atomic E-state index is -0.143. The van der Waals surface area contributed by atoms with Gasteiger partial charge in [-0.15, -0.1) is 0 Å². The van der Waals surface area contributed by atoms with Gasteiger partial charge in [-0.3, -0.25) is 9.48 Å². The molecule has 1 amide bonds. The number of nitrogens with one attached hydrogen (secondary N) is 1. The lowest BCUT2D eigenvalue weighted by molar-refractivity contribution is 0.102. The van der Waals surface area contributed by atoms with E-state index >= 15 is 0 Å². The zero-order valence-electron chi connectivity index (χ0n) is 13.6. The third-order valence-electron chi connectivity index (χ3n) is 3.95. The van der Waals surface area contributed by atoms with Crippen molar-refractivity contribution in [2.75, 3.05) is 5.32 Å². The van der Waals surface area contributed by atoms with Crippen LogP contribution >= 0.6 is 11.6 Å². The van der Waals surface area contributed by atoms with Gasteiger partial charge in [0, 0.05) is 16.8 Å². The smallest absolute Gasteiger partial charge is 0.255 e. The van der Waals surface area contributed by atoms with Crippen LogP contribution in [0.3, 0.4) is 0 Å². The second-order valence-corrected chi connectivity index (χ2v) is 6.18. The highest BCUT2D eigenvalue weighted by Gasteiger charge is 2.09. The second kappa shape index (κ2) is 6.89. The molecule has 0 fully saturated rings. The van der Waals surface area contributed by atoms with E-state index in [1.165, 1.54) is 5.56 Å². The Kier molecular flexibility index (Phi) is 4.67. The maximum Gasteiger partial charge on any atom is 0.255 e. The van der Waals surface area contributed by atoms with Crippen molar-refractivity contribution >= 4 is 23.2 Å². The molecule has 0 saturated carbocycles. The number of hydrogen-bond acceptors (Lipinski definition) is 2. The summed E-state index contributed by atoms with van der Waals surface area (Å²) in [6, 6.07) is 13.3. The molecule has 1 N–H and O–H groups in total. The number of aromatic nitrogens is 2. The van der Waals surface area contributed by atoms with Crippen molar-refractivity contribution in [2.45, 2.75) is 20.4 Å². The molecule has 122 valence electrons. The highest BCUT2D eigenvalue weighted by molar-refractivity contribution is 6.31. The van der Waals surface area contributed by atoms with Crippen molar-refractivity contribution in [3.63, 3.8) is 0 Å². The Morgan fingerprint density at radius 3 is 2.71 bits per heavy atom. The number of amides is 1. The zero-order valence-corrected chi connectivity index (χ0v) is 14.3. The quantitative estimate of drug-likeness (QED) is 0.763. The molecular formula is C19H18ClN3O. The number of anilines is 1. The molecule has 0 spiro atoms. The molecule has 0 bridgehead atoms. The molecular weight excluding hydrogens is 322 g/mol. The fraction of sp³-hybridized carbons (Fsp3) is 0.158. The molecule has 2 aromatic carbocycles. The summed E-state index contributed by atoms with van der Waals surface area (Å²) in [5, 5.41) is 7.85. The Labute approximate surface area is 146 Å². The van der Waals surface area contributed by atoms with Crippen LogP contribution < -0.4 is 5.32 Å². The summed E-state index contributed by atoms with van der Waals surface area (Å²) < 4.78 is 1.75. The van der Waals surface area contributed by atoms with Gasteiger partial charge in [0.05, 0.1) is 18.4 Å². The summed E-state index contributed by atoms with van der Waals surface area (Å²) in [6.45, 7) is 4.57. The van der Waals surface area contributed by atoms with E-state index < -0.39 is 0 Å². The molecule has 1 heterocycles. The van der Waals surface area contributed by atoms with Crippen LogP contribution in [-0.2, 0) is 6.54 Å². The fourth-order valence-corrected chi connectivity index (χ4v) is 2.60. The lowest BCUT2D eigenvalue weighted by Gasteiger charge is -2.06. The van der Waals surface area contributed by atoms with Crippen LogP contribution in [0.1, 0.15) is 27.0 Å². The molecule has 0 radical (unpaired) electrons. The summed E-state index contributed by atoms with van der Waals surface area (Å²) in [5.74, 6) is -0.143. The van der Waals surface area contributed by atoms with Crippen molar-refractivity contribution in [3.05, 3.63) is 82.1 Å². The Hall–Kier alpha value is -2.59.